The SMILES string of the molecule is COc1cncc(Oc2ccc(C(=O)N[C@H]3CN4CCC3CC4)cc2)c1. The summed E-state index contributed by atoms with van der Waals surface area (Å²) in [6.07, 6.45) is 5.62. The summed E-state index contributed by atoms with van der Waals surface area (Å²) >= 11 is 0. The van der Waals surface area contributed by atoms with Gasteiger partial charge in [0, 0.05) is 24.2 Å². The van der Waals surface area contributed by atoms with Gasteiger partial charge >= 0.3 is 0 Å². The maximum Gasteiger partial charge on any atom is 0.251 e. The summed E-state index contributed by atoms with van der Waals surface area (Å²) in [5, 5.41) is 3.20. The number of hydrogen-bond acceptors (Lipinski definition) is 5. The molecule has 6 nitrogen and oxygen atoms in total. The van der Waals surface area contributed by atoms with Crippen molar-refractivity contribution >= 4 is 5.91 Å². The normalized spacial score (nSPS) is 24.1. The zero-order valence-electron chi connectivity index (χ0n) is 14.9. The minimum absolute atomic E-state index is 0.0154. The molecule has 5 rings (SSSR count). The third kappa shape index (κ3) is 3.65. The third-order valence-corrected chi connectivity index (χ3v) is 5.25. The number of carbonyl (C=O) groups excluding carboxylic acids is 1. The van der Waals surface area contributed by atoms with Gasteiger partial charge in [0.05, 0.1) is 19.5 Å². The van der Waals surface area contributed by atoms with E-state index in [0.29, 0.717) is 28.7 Å². The standard InChI is InChI=1S/C20H23N3O3/c1-25-17-10-18(12-21-11-17)26-16-4-2-15(3-5-16)20(24)22-19-13-23-8-6-14(19)7-9-23/h2-5,10-12,14,19H,6-9,13H2,1H3,(H,22,24)/t19-/m0/s1. The lowest BCUT2D eigenvalue weighted by Gasteiger charge is -2.44. The lowest BCUT2D eigenvalue weighted by molar-refractivity contribution is 0.0620. The van der Waals surface area contributed by atoms with E-state index in [1.807, 2.05) is 0 Å². The van der Waals surface area contributed by atoms with Crippen molar-refractivity contribution < 1.29 is 14.3 Å². The molecule has 6 heteroatoms. The van der Waals surface area contributed by atoms with Gasteiger partial charge in [-0.2, -0.15) is 0 Å². The second-order valence-corrected chi connectivity index (χ2v) is 6.90. The number of nitrogens with one attached hydrogen (secondary N) is 1. The van der Waals surface area contributed by atoms with E-state index in [4.69, 9.17) is 9.47 Å². The smallest absolute Gasteiger partial charge is 0.251 e. The molecule has 1 amide bonds. The fourth-order valence-electron chi connectivity index (χ4n) is 3.76. The van der Waals surface area contributed by atoms with Gasteiger partial charge in [-0.25, -0.2) is 0 Å². The summed E-state index contributed by atoms with van der Waals surface area (Å²) in [4.78, 5) is 19.0. The van der Waals surface area contributed by atoms with Gasteiger partial charge in [-0.1, -0.05) is 0 Å². The van der Waals surface area contributed by atoms with Gasteiger partial charge in [0.1, 0.15) is 17.2 Å². The number of nitrogens with zero attached hydrogens (tertiary/aromatic N) is 2. The fourth-order valence-corrected chi connectivity index (χ4v) is 3.76. The molecular weight excluding hydrogens is 330 g/mol. The van der Waals surface area contributed by atoms with E-state index >= 15 is 0 Å². The summed E-state index contributed by atoms with van der Waals surface area (Å²) in [5.41, 5.74) is 0.651. The van der Waals surface area contributed by atoms with Crippen molar-refractivity contribution in [2.24, 2.45) is 5.92 Å². The Hall–Kier alpha value is -2.60. The highest BCUT2D eigenvalue weighted by Gasteiger charge is 2.34. The first-order chi connectivity index (χ1) is 12.7. The molecule has 2 bridgehead atoms. The zero-order chi connectivity index (χ0) is 17.9. The van der Waals surface area contributed by atoms with Crippen LogP contribution >= 0.6 is 0 Å². The lowest BCUT2D eigenvalue weighted by atomic mass is 9.84. The molecule has 3 fully saturated rings. The summed E-state index contributed by atoms with van der Waals surface area (Å²) in [7, 11) is 1.59. The van der Waals surface area contributed by atoms with E-state index in [1.54, 1.807) is 49.8 Å². The number of rotatable bonds is 5. The van der Waals surface area contributed by atoms with Gasteiger partial charge in [0.15, 0.2) is 0 Å². The molecule has 4 heterocycles. The fraction of sp³-hybridized carbons (Fsp3) is 0.400. The molecule has 0 saturated carbocycles. The number of fused-ring (bicyclic) bond motifs is 3. The molecular formula is C20H23N3O3. The van der Waals surface area contributed by atoms with Gasteiger partial charge in [0.25, 0.3) is 5.91 Å². The number of pyridine rings is 1. The van der Waals surface area contributed by atoms with Gasteiger partial charge in [-0.15, -0.1) is 0 Å². The molecule has 3 aliphatic rings. The molecule has 1 aromatic heterocycles. The van der Waals surface area contributed by atoms with Crippen LogP contribution in [0.1, 0.15) is 23.2 Å². The molecule has 1 N–H and O–H groups in total. The first kappa shape index (κ1) is 16.8. The van der Waals surface area contributed by atoms with Crippen molar-refractivity contribution in [2.75, 3.05) is 26.7 Å². The summed E-state index contributed by atoms with van der Waals surface area (Å²) in [5.74, 6) is 2.48. The highest BCUT2D eigenvalue weighted by Crippen LogP contribution is 2.28. The van der Waals surface area contributed by atoms with Crippen molar-refractivity contribution in [3.63, 3.8) is 0 Å². The molecule has 26 heavy (non-hydrogen) atoms. The van der Waals surface area contributed by atoms with E-state index in [9.17, 15) is 4.79 Å². The van der Waals surface area contributed by atoms with Crippen molar-refractivity contribution in [1.82, 2.24) is 15.2 Å². The van der Waals surface area contributed by atoms with E-state index in [1.165, 1.54) is 25.9 Å². The largest absolute Gasteiger partial charge is 0.495 e. The molecule has 3 saturated heterocycles. The Labute approximate surface area is 153 Å². The van der Waals surface area contributed by atoms with Gasteiger partial charge < -0.3 is 19.7 Å². The van der Waals surface area contributed by atoms with Crippen LogP contribution in [0.25, 0.3) is 0 Å². The predicted molar refractivity (Wildman–Crippen MR) is 97.7 cm³/mol. The molecule has 136 valence electrons. The highest BCUT2D eigenvalue weighted by atomic mass is 16.5. The number of benzene rings is 1. The molecule has 2 aromatic rings. The van der Waals surface area contributed by atoms with Crippen LogP contribution in [-0.4, -0.2) is 48.6 Å². The molecule has 1 aromatic carbocycles. The van der Waals surface area contributed by atoms with Crippen LogP contribution in [0.2, 0.25) is 0 Å². The van der Waals surface area contributed by atoms with Crippen LogP contribution in [0, 0.1) is 5.92 Å². The Morgan fingerprint density at radius 3 is 2.50 bits per heavy atom. The number of amides is 1. The lowest BCUT2D eigenvalue weighted by Crippen LogP contribution is -2.57. The second-order valence-electron chi connectivity index (χ2n) is 6.90. The maximum absolute atomic E-state index is 12.5. The summed E-state index contributed by atoms with van der Waals surface area (Å²) in [6.45, 7) is 3.31. The van der Waals surface area contributed by atoms with Crippen molar-refractivity contribution in [3.8, 4) is 17.2 Å². The van der Waals surface area contributed by atoms with E-state index in [-0.39, 0.29) is 11.9 Å². The van der Waals surface area contributed by atoms with Crippen LogP contribution in [-0.2, 0) is 0 Å². The van der Waals surface area contributed by atoms with E-state index in [0.717, 1.165) is 6.54 Å². The molecule has 0 spiro atoms. The average molecular weight is 353 g/mol. The van der Waals surface area contributed by atoms with Crippen LogP contribution < -0.4 is 14.8 Å². The number of piperidine rings is 3. The highest BCUT2D eigenvalue weighted by molar-refractivity contribution is 5.94. The Bertz CT molecular complexity index is 770. The number of ether oxygens (including phenoxy) is 2. The van der Waals surface area contributed by atoms with E-state index in [2.05, 4.69) is 15.2 Å². The Balaban J connectivity index is 1.38. The quantitative estimate of drug-likeness (QED) is 0.895. The van der Waals surface area contributed by atoms with Crippen LogP contribution in [0.3, 0.4) is 0 Å². The van der Waals surface area contributed by atoms with E-state index < -0.39 is 0 Å². The van der Waals surface area contributed by atoms with Crippen molar-refractivity contribution in [2.45, 2.75) is 18.9 Å². The molecule has 0 aliphatic carbocycles. The molecule has 1 atom stereocenters. The number of methoxy groups -OCH3 is 1. The van der Waals surface area contributed by atoms with Gasteiger partial charge in [-0.3, -0.25) is 9.78 Å². The third-order valence-electron chi connectivity index (χ3n) is 5.25. The molecule has 0 radical (unpaired) electrons. The Morgan fingerprint density at radius 2 is 1.85 bits per heavy atom. The first-order valence-electron chi connectivity index (χ1n) is 9.01. The van der Waals surface area contributed by atoms with Crippen LogP contribution in [0.4, 0.5) is 0 Å². The average Bonchev–Trinajstić information content (AvgIpc) is 2.69. The second kappa shape index (κ2) is 7.33. The Kier molecular flexibility index (Phi) is 4.75. The topological polar surface area (TPSA) is 63.7 Å². The monoisotopic (exact) mass is 353 g/mol. The Morgan fingerprint density at radius 1 is 1.12 bits per heavy atom. The predicted octanol–water partition coefficient (Wildman–Crippen LogP) is 2.71. The van der Waals surface area contributed by atoms with Gasteiger partial charge in [0.2, 0.25) is 0 Å². The van der Waals surface area contributed by atoms with Gasteiger partial charge in [-0.05, 0) is 56.1 Å². The zero-order valence-corrected chi connectivity index (χ0v) is 14.9. The molecule has 3 aliphatic heterocycles. The first-order valence-corrected chi connectivity index (χ1v) is 9.01. The minimum atomic E-state index is -0.0154. The van der Waals surface area contributed by atoms with Crippen molar-refractivity contribution in [1.29, 1.82) is 0 Å². The van der Waals surface area contributed by atoms with Crippen LogP contribution in [0.5, 0.6) is 17.2 Å². The summed E-state index contributed by atoms with van der Waals surface area (Å²) in [6, 6.07) is 9.21. The number of hydrogen-bond donors (Lipinski definition) is 1. The minimum Gasteiger partial charge on any atom is -0.495 e. The molecule has 0 unspecified atom stereocenters. The number of carbonyl (C=O) groups is 1. The van der Waals surface area contributed by atoms with Crippen LogP contribution in [0.15, 0.2) is 42.7 Å². The van der Waals surface area contributed by atoms with Crippen molar-refractivity contribution in [3.05, 3.63) is 48.3 Å². The number of aromatic nitrogens is 1. The summed E-state index contributed by atoms with van der Waals surface area (Å²) < 4.78 is 10.9. The maximum atomic E-state index is 12.5.